The second-order valence-corrected chi connectivity index (χ2v) is 6.90. The molecule has 120 valence electrons. The SMILES string of the molecule is Cc1nn(C)c(CC(NN)C2CN(C)CCCN2C)c1Br. The second-order valence-electron chi connectivity index (χ2n) is 6.11. The van der Waals surface area contributed by atoms with E-state index in [1.807, 2.05) is 18.7 Å². The van der Waals surface area contributed by atoms with E-state index in [1.165, 1.54) is 12.1 Å². The molecule has 1 aliphatic heterocycles. The Hall–Kier alpha value is -0.470. The van der Waals surface area contributed by atoms with E-state index in [0.29, 0.717) is 6.04 Å². The molecule has 2 heterocycles. The van der Waals surface area contributed by atoms with Crippen LogP contribution in [0.15, 0.2) is 4.47 Å². The second kappa shape index (κ2) is 7.19. The van der Waals surface area contributed by atoms with E-state index in [2.05, 4.69) is 50.3 Å². The standard InChI is InChI=1S/C14H27BrN6/c1-10-14(15)12(21(4)18-10)8-11(17-16)13-9-19(2)6-5-7-20(13)3/h11,13,17H,5-9,16H2,1-4H3. The minimum atomic E-state index is 0.196. The van der Waals surface area contributed by atoms with Crippen molar-refractivity contribution in [2.45, 2.75) is 31.8 Å². The molecule has 1 aliphatic rings. The fraction of sp³-hybridized carbons (Fsp3) is 0.786. The largest absolute Gasteiger partial charge is 0.305 e. The number of nitrogens with one attached hydrogen (secondary N) is 1. The molecule has 1 aromatic heterocycles. The molecule has 0 bridgehead atoms. The van der Waals surface area contributed by atoms with Crippen molar-refractivity contribution in [1.82, 2.24) is 25.0 Å². The molecule has 3 N–H and O–H groups in total. The van der Waals surface area contributed by atoms with E-state index in [9.17, 15) is 0 Å². The van der Waals surface area contributed by atoms with Gasteiger partial charge in [0.15, 0.2) is 0 Å². The van der Waals surface area contributed by atoms with E-state index >= 15 is 0 Å². The van der Waals surface area contributed by atoms with Gasteiger partial charge in [-0.1, -0.05) is 0 Å². The Kier molecular flexibility index (Phi) is 5.79. The van der Waals surface area contributed by atoms with Crippen molar-refractivity contribution in [3.63, 3.8) is 0 Å². The molecule has 6 nitrogen and oxygen atoms in total. The number of hydrogen-bond acceptors (Lipinski definition) is 5. The zero-order valence-electron chi connectivity index (χ0n) is 13.4. The maximum absolute atomic E-state index is 5.88. The van der Waals surface area contributed by atoms with Crippen LogP contribution in [-0.4, -0.2) is 65.4 Å². The minimum Gasteiger partial charge on any atom is -0.305 e. The first kappa shape index (κ1) is 16.9. The Morgan fingerprint density at radius 3 is 2.67 bits per heavy atom. The van der Waals surface area contributed by atoms with Crippen LogP contribution in [0.5, 0.6) is 0 Å². The molecule has 2 rings (SSSR count). The molecule has 0 amide bonds. The summed E-state index contributed by atoms with van der Waals surface area (Å²) in [6, 6.07) is 0.589. The smallest absolute Gasteiger partial charge is 0.0738 e. The van der Waals surface area contributed by atoms with Gasteiger partial charge in [-0.15, -0.1) is 0 Å². The van der Waals surface area contributed by atoms with Gasteiger partial charge in [-0.25, -0.2) is 0 Å². The third-order valence-electron chi connectivity index (χ3n) is 4.47. The van der Waals surface area contributed by atoms with Crippen molar-refractivity contribution in [3.05, 3.63) is 15.9 Å². The number of hydrogen-bond donors (Lipinski definition) is 2. The summed E-state index contributed by atoms with van der Waals surface area (Å²) in [7, 11) is 6.37. The van der Waals surface area contributed by atoms with Gasteiger partial charge >= 0.3 is 0 Å². The molecule has 2 unspecified atom stereocenters. The van der Waals surface area contributed by atoms with Gasteiger partial charge in [0.2, 0.25) is 0 Å². The van der Waals surface area contributed by atoms with Crippen LogP contribution in [0.3, 0.4) is 0 Å². The van der Waals surface area contributed by atoms with Crippen LogP contribution >= 0.6 is 15.9 Å². The summed E-state index contributed by atoms with van der Waals surface area (Å²) in [4.78, 5) is 4.81. The summed E-state index contributed by atoms with van der Waals surface area (Å²) >= 11 is 3.65. The van der Waals surface area contributed by atoms with Crippen molar-refractivity contribution in [3.8, 4) is 0 Å². The number of halogens is 1. The summed E-state index contributed by atoms with van der Waals surface area (Å²) in [5, 5.41) is 4.47. The van der Waals surface area contributed by atoms with Crippen molar-refractivity contribution in [2.24, 2.45) is 12.9 Å². The van der Waals surface area contributed by atoms with Crippen LogP contribution in [-0.2, 0) is 13.5 Å². The molecule has 0 spiro atoms. The Bertz CT molecular complexity index is 474. The Labute approximate surface area is 135 Å². The van der Waals surface area contributed by atoms with Crippen LogP contribution in [0, 0.1) is 6.92 Å². The van der Waals surface area contributed by atoms with Crippen molar-refractivity contribution >= 4 is 15.9 Å². The summed E-state index contributed by atoms with van der Waals surface area (Å²) in [6.07, 6.45) is 2.06. The van der Waals surface area contributed by atoms with Gasteiger partial charge in [0, 0.05) is 32.1 Å². The third kappa shape index (κ3) is 3.84. The zero-order valence-corrected chi connectivity index (χ0v) is 15.0. The highest BCUT2D eigenvalue weighted by molar-refractivity contribution is 9.10. The van der Waals surface area contributed by atoms with Crippen molar-refractivity contribution in [2.75, 3.05) is 33.7 Å². The Morgan fingerprint density at radius 1 is 1.38 bits per heavy atom. The van der Waals surface area contributed by atoms with E-state index < -0.39 is 0 Å². The summed E-state index contributed by atoms with van der Waals surface area (Å²) < 4.78 is 3.04. The van der Waals surface area contributed by atoms with Gasteiger partial charge in [0.1, 0.15) is 0 Å². The molecule has 21 heavy (non-hydrogen) atoms. The minimum absolute atomic E-state index is 0.196. The number of nitrogens with zero attached hydrogens (tertiary/aromatic N) is 4. The lowest BCUT2D eigenvalue weighted by Crippen LogP contribution is -2.55. The van der Waals surface area contributed by atoms with Gasteiger partial charge in [0.25, 0.3) is 0 Å². The highest BCUT2D eigenvalue weighted by Gasteiger charge is 2.29. The molecule has 0 aromatic carbocycles. The molecule has 7 heteroatoms. The average molecular weight is 359 g/mol. The van der Waals surface area contributed by atoms with E-state index in [4.69, 9.17) is 5.84 Å². The van der Waals surface area contributed by atoms with E-state index in [0.717, 1.165) is 36.2 Å². The summed E-state index contributed by atoms with van der Waals surface area (Å²) in [5.74, 6) is 5.88. The predicted molar refractivity (Wildman–Crippen MR) is 89.0 cm³/mol. The van der Waals surface area contributed by atoms with E-state index in [1.54, 1.807) is 0 Å². The number of nitrogens with two attached hydrogens (primary N) is 1. The first-order valence-electron chi connectivity index (χ1n) is 7.47. The number of rotatable bonds is 4. The van der Waals surface area contributed by atoms with Crippen LogP contribution in [0.1, 0.15) is 17.8 Å². The maximum Gasteiger partial charge on any atom is 0.0738 e. The molecular weight excluding hydrogens is 332 g/mol. The van der Waals surface area contributed by atoms with Crippen LogP contribution in [0.4, 0.5) is 0 Å². The Morgan fingerprint density at radius 2 is 2.10 bits per heavy atom. The number of hydrazine groups is 1. The molecule has 1 aromatic rings. The monoisotopic (exact) mass is 358 g/mol. The van der Waals surface area contributed by atoms with Gasteiger partial charge in [-0.05, 0) is 56.5 Å². The van der Waals surface area contributed by atoms with Gasteiger partial charge < -0.3 is 9.80 Å². The van der Waals surface area contributed by atoms with Crippen molar-refractivity contribution < 1.29 is 0 Å². The fourth-order valence-electron chi connectivity index (χ4n) is 3.16. The van der Waals surface area contributed by atoms with Gasteiger partial charge in [-0.2, -0.15) is 5.10 Å². The summed E-state index contributed by atoms with van der Waals surface area (Å²) in [5.41, 5.74) is 5.25. The lowest BCUT2D eigenvalue weighted by molar-refractivity contribution is 0.176. The number of likely N-dealkylation sites (N-methyl/N-ethyl adjacent to an activating group) is 2. The van der Waals surface area contributed by atoms with Crippen LogP contribution < -0.4 is 11.3 Å². The Balaban J connectivity index is 2.18. The molecule has 1 saturated heterocycles. The lowest BCUT2D eigenvalue weighted by atomic mass is 10.0. The molecule has 2 atom stereocenters. The highest BCUT2D eigenvalue weighted by Crippen LogP contribution is 2.23. The normalized spacial score (nSPS) is 23.2. The van der Waals surface area contributed by atoms with Gasteiger partial charge in [0.05, 0.1) is 15.9 Å². The molecule has 0 radical (unpaired) electrons. The number of aryl methyl sites for hydroxylation is 2. The molecule has 0 aliphatic carbocycles. The molecular formula is C14H27BrN6. The molecule has 1 fully saturated rings. The quantitative estimate of drug-likeness (QED) is 0.606. The number of aromatic nitrogens is 2. The first-order valence-corrected chi connectivity index (χ1v) is 8.26. The van der Waals surface area contributed by atoms with Crippen LogP contribution in [0.25, 0.3) is 0 Å². The highest BCUT2D eigenvalue weighted by atomic mass is 79.9. The van der Waals surface area contributed by atoms with Gasteiger partial charge in [-0.3, -0.25) is 16.0 Å². The average Bonchev–Trinajstić information content (AvgIpc) is 2.59. The topological polar surface area (TPSA) is 62.4 Å². The predicted octanol–water partition coefficient (Wildman–Crippen LogP) is 0.501. The summed E-state index contributed by atoms with van der Waals surface area (Å²) in [6.45, 7) is 5.30. The first-order chi connectivity index (χ1) is 9.93. The zero-order chi connectivity index (χ0) is 15.6. The third-order valence-corrected chi connectivity index (χ3v) is 5.50. The maximum atomic E-state index is 5.88. The fourth-order valence-corrected chi connectivity index (χ4v) is 3.65. The lowest BCUT2D eigenvalue weighted by Gasteiger charge is -2.34. The van der Waals surface area contributed by atoms with E-state index in [-0.39, 0.29) is 6.04 Å². The van der Waals surface area contributed by atoms with Crippen LogP contribution in [0.2, 0.25) is 0 Å². The molecule has 0 saturated carbocycles. The van der Waals surface area contributed by atoms with Crippen molar-refractivity contribution in [1.29, 1.82) is 0 Å².